The summed E-state index contributed by atoms with van der Waals surface area (Å²) in [6.07, 6.45) is 1.46. The first-order valence-electron chi connectivity index (χ1n) is 8.36. The van der Waals surface area contributed by atoms with Crippen molar-refractivity contribution < 1.29 is 23.6 Å². The van der Waals surface area contributed by atoms with Crippen molar-refractivity contribution in [3.05, 3.63) is 81.9 Å². The number of carbonyl (C=O) groups is 1. The van der Waals surface area contributed by atoms with E-state index >= 15 is 0 Å². The summed E-state index contributed by atoms with van der Waals surface area (Å²) in [6.45, 7) is 1.85. The SMILES string of the molecule is CCOC(=O)c1nn(-c2ccc([N+](=O)[O-])cc2)cc1OCc1cccc(F)c1. The number of esters is 1. The number of benzene rings is 2. The molecule has 0 fully saturated rings. The molecule has 28 heavy (non-hydrogen) atoms. The number of ether oxygens (including phenoxy) is 2. The highest BCUT2D eigenvalue weighted by Gasteiger charge is 2.20. The Labute approximate surface area is 159 Å². The molecule has 144 valence electrons. The molecular weight excluding hydrogens is 369 g/mol. The molecule has 0 saturated heterocycles. The first kappa shape index (κ1) is 19.0. The first-order chi connectivity index (χ1) is 13.5. The van der Waals surface area contributed by atoms with E-state index in [0.717, 1.165) is 0 Å². The lowest BCUT2D eigenvalue weighted by Crippen LogP contribution is -2.08. The van der Waals surface area contributed by atoms with Crippen LogP contribution in [0.15, 0.2) is 54.7 Å². The number of carbonyl (C=O) groups excluding carboxylic acids is 1. The van der Waals surface area contributed by atoms with E-state index in [-0.39, 0.29) is 30.3 Å². The van der Waals surface area contributed by atoms with Gasteiger partial charge in [-0.2, -0.15) is 5.10 Å². The van der Waals surface area contributed by atoms with Crippen LogP contribution in [0.1, 0.15) is 23.0 Å². The first-order valence-corrected chi connectivity index (χ1v) is 8.36. The van der Waals surface area contributed by atoms with Gasteiger partial charge in [-0.3, -0.25) is 10.1 Å². The molecule has 0 amide bonds. The molecule has 3 rings (SSSR count). The van der Waals surface area contributed by atoms with Crippen LogP contribution in [0.4, 0.5) is 10.1 Å². The van der Waals surface area contributed by atoms with Crippen molar-refractivity contribution in [2.24, 2.45) is 0 Å². The second-order valence-corrected chi connectivity index (χ2v) is 5.70. The average molecular weight is 385 g/mol. The molecular formula is C19H16FN3O5. The van der Waals surface area contributed by atoms with Crippen LogP contribution in [0.25, 0.3) is 5.69 Å². The molecule has 1 heterocycles. The lowest BCUT2D eigenvalue weighted by atomic mass is 10.2. The zero-order valence-electron chi connectivity index (χ0n) is 14.9. The largest absolute Gasteiger partial charge is 0.485 e. The van der Waals surface area contributed by atoms with Gasteiger partial charge in [0.05, 0.1) is 23.4 Å². The topological polar surface area (TPSA) is 96.5 Å². The van der Waals surface area contributed by atoms with Crippen LogP contribution >= 0.6 is 0 Å². The fraction of sp³-hybridized carbons (Fsp3) is 0.158. The lowest BCUT2D eigenvalue weighted by molar-refractivity contribution is -0.384. The highest BCUT2D eigenvalue weighted by atomic mass is 19.1. The van der Waals surface area contributed by atoms with Gasteiger partial charge in [0, 0.05) is 12.1 Å². The van der Waals surface area contributed by atoms with Gasteiger partial charge in [0.2, 0.25) is 5.69 Å². The number of halogens is 1. The summed E-state index contributed by atoms with van der Waals surface area (Å²) >= 11 is 0. The van der Waals surface area contributed by atoms with E-state index in [1.165, 1.54) is 47.3 Å². The third-order valence-corrected chi connectivity index (χ3v) is 3.76. The van der Waals surface area contributed by atoms with Gasteiger partial charge in [-0.15, -0.1) is 0 Å². The van der Waals surface area contributed by atoms with Gasteiger partial charge in [-0.05, 0) is 36.8 Å². The van der Waals surface area contributed by atoms with E-state index in [0.29, 0.717) is 11.3 Å². The standard InChI is InChI=1S/C19H16FN3O5/c1-2-27-19(24)18-17(28-12-13-4-3-5-14(20)10-13)11-22(21-18)15-6-8-16(9-7-15)23(25)26/h3-11H,2,12H2,1H3. The molecule has 0 radical (unpaired) electrons. The maximum atomic E-state index is 13.3. The second kappa shape index (κ2) is 8.30. The molecule has 9 heteroatoms. The molecule has 2 aromatic carbocycles. The highest BCUT2D eigenvalue weighted by Crippen LogP contribution is 2.23. The molecule has 3 aromatic rings. The summed E-state index contributed by atoms with van der Waals surface area (Å²) in [5.41, 5.74) is 0.968. The second-order valence-electron chi connectivity index (χ2n) is 5.70. The Morgan fingerprint density at radius 1 is 1.25 bits per heavy atom. The molecule has 0 atom stereocenters. The van der Waals surface area contributed by atoms with Crippen molar-refractivity contribution in [2.45, 2.75) is 13.5 Å². The Morgan fingerprint density at radius 3 is 2.64 bits per heavy atom. The summed E-state index contributed by atoms with van der Waals surface area (Å²) in [4.78, 5) is 22.5. The minimum absolute atomic E-state index is 0.0239. The van der Waals surface area contributed by atoms with Crippen LogP contribution in [0.5, 0.6) is 5.75 Å². The summed E-state index contributed by atoms with van der Waals surface area (Å²) < 4.78 is 25.3. The number of nitrogens with zero attached hydrogens (tertiary/aromatic N) is 3. The highest BCUT2D eigenvalue weighted by molar-refractivity contribution is 5.90. The van der Waals surface area contributed by atoms with Crippen LogP contribution in [-0.2, 0) is 11.3 Å². The van der Waals surface area contributed by atoms with Crippen LogP contribution < -0.4 is 4.74 Å². The van der Waals surface area contributed by atoms with Gasteiger partial charge < -0.3 is 9.47 Å². The monoisotopic (exact) mass is 385 g/mol. The summed E-state index contributed by atoms with van der Waals surface area (Å²) in [5.74, 6) is -0.910. The fourth-order valence-corrected chi connectivity index (χ4v) is 2.45. The van der Waals surface area contributed by atoms with Crippen LogP contribution in [-0.4, -0.2) is 27.3 Å². The Balaban J connectivity index is 1.89. The molecule has 1 aromatic heterocycles. The number of nitro groups is 1. The van der Waals surface area contributed by atoms with Crippen molar-refractivity contribution in [3.8, 4) is 11.4 Å². The van der Waals surface area contributed by atoms with Crippen LogP contribution in [0.3, 0.4) is 0 Å². The number of rotatable bonds is 7. The van der Waals surface area contributed by atoms with Crippen molar-refractivity contribution in [1.82, 2.24) is 9.78 Å². The number of non-ortho nitro benzene ring substituents is 1. The van der Waals surface area contributed by atoms with E-state index in [9.17, 15) is 19.3 Å². The van der Waals surface area contributed by atoms with Crippen LogP contribution in [0.2, 0.25) is 0 Å². The summed E-state index contributed by atoms with van der Waals surface area (Å²) in [5, 5.41) is 15.0. The van der Waals surface area contributed by atoms with Crippen molar-refractivity contribution in [3.63, 3.8) is 0 Å². The van der Waals surface area contributed by atoms with Crippen LogP contribution in [0, 0.1) is 15.9 Å². The van der Waals surface area contributed by atoms with Crippen molar-refractivity contribution >= 4 is 11.7 Å². The van der Waals surface area contributed by atoms with Gasteiger partial charge in [-0.25, -0.2) is 13.9 Å². The average Bonchev–Trinajstić information content (AvgIpc) is 3.11. The third-order valence-electron chi connectivity index (χ3n) is 3.76. The van der Waals surface area contributed by atoms with E-state index in [4.69, 9.17) is 9.47 Å². The third kappa shape index (κ3) is 4.32. The number of aromatic nitrogens is 2. The molecule has 8 nitrogen and oxygen atoms in total. The maximum absolute atomic E-state index is 13.3. The number of nitro benzene ring substituents is 1. The van der Waals surface area contributed by atoms with Gasteiger partial charge >= 0.3 is 5.97 Å². The van der Waals surface area contributed by atoms with Crippen molar-refractivity contribution in [1.29, 1.82) is 0 Å². The Hall–Kier alpha value is -3.75. The Bertz CT molecular complexity index is 1000. The molecule has 0 aliphatic heterocycles. The summed E-state index contributed by atoms with van der Waals surface area (Å²) in [6, 6.07) is 11.5. The molecule has 0 spiro atoms. The van der Waals surface area contributed by atoms with E-state index in [1.54, 1.807) is 19.1 Å². The fourth-order valence-electron chi connectivity index (χ4n) is 2.45. The number of hydrogen-bond acceptors (Lipinski definition) is 6. The zero-order valence-corrected chi connectivity index (χ0v) is 14.9. The molecule has 0 bridgehead atoms. The lowest BCUT2D eigenvalue weighted by Gasteiger charge is -2.06. The number of hydrogen-bond donors (Lipinski definition) is 0. The Kier molecular flexibility index (Phi) is 5.64. The predicted molar refractivity (Wildman–Crippen MR) is 96.9 cm³/mol. The minimum Gasteiger partial charge on any atom is -0.485 e. The van der Waals surface area contributed by atoms with E-state index in [2.05, 4.69) is 5.10 Å². The van der Waals surface area contributed by atoms with Gasteiger partial charge in [0.1, 0.15) is 12.4 Å². The normalized spacial score (nSPS) is 10.5. The zero-order chi connectivity index (χ0) is 20.1. The van der Waals surface area contributed by atoms with Gasteiger partial charge in [0.15, 0.2) is 5.75 Å². The predicted octanol–water partition coefficient (Wildman–Crippen LogP) is 3.68. The molecule has 0 unspecified atom stereocenters. The Morgan fingerprint density at radius 2 is 2.00 bits per heavy atom. The molecule has 0 aliphatic rings. The molecule has 0 saturated carbocycles. The molecule has 0 aliphatic carbocycles. The van der Waals surface area contributed by atoms with E-state index < -0.39 is 16.7 Å². The van der Waals surface area contributed by atoms with E-state index in [1.807, 2.05) is 0 Å². The summed E-state index contributed by atoms with van der Waals surface area (Å²) in [7, 11) is 0. The quantitative estimate of drug-likeness (QED) is 0.350. The smallest absolute Gasteiger partial charge is 0.362 e. The minimum atomic E-state index is -0.669. The maximum Gasteiger partial charge on any atom is 0.362 e. The van der Waals surface area contributed by atoms with Gasteiger partial charge in [0.25, 0.3) is 5.69 Å². The van der Waals surface area contributed by atoms with Crippen molar-refractivity contribution in [2.75, 3.05) is 6.61 Å². The van der Waals surface area contributed by atoms with Gasteiger partial charge in [-0.1, -0.05) is 12.1 Å². The molecule has 0 N–H and O–H groups in total.